The molecule has 0 atom stereocenters. The molecular formula is C60H38N2O2. The molecule has 0 spiro atoms. The van der Waals surface area contributed by atoms with Crippen LogP contribution in [0.25, 0.3) is 77.5 Å². The van der Waals surface area contributed by atoms with Gasteiger partial charge in [0.25, 0.3) is 0 Å². The maximum absolute atomic E-state index is 7.00. The Hall–Kier alpha value is -8.47. The van der Waals surface area contributed by atoms with Crippen molar-refractivity contribution >= 4 is 60.9 Å². The summed E-state index contributed by atoms with van der Waals surface area (Å²) in [7, 11) is 0. The molecule has 10 aromatic carbocycles. The Morgan fingerprint density at radius 2 is 1.05 bits per heavy atom. The number of para-hydroxylation sites is 2. The second-order valence-corrected chi connectivity index (χ2v) is 16.6. The van der Waals surface area contributed by atoms with Crippen molar-refractivity contribution in [3.05, 3.63) is 253 Å². The van der Waals surface area contributed by atoms with E-state index in [4.69, 9.17) is 13.8 Å². The topological polar surface area (TPSA) is 42.4 Å². The van der Waals surface area contributed by atoms with Gasteiger partial charge < -0.3 is 13.7 Å². The van der Waals surface area contributed by atoms with Crippen LogP contribution in [0, 0.1) is 0 Å². The van der Waals surface area contributed by atoms with Crippen LogP contribution in [-0.4, -0.2) is 4.98 Å². The zero-order valence-electron chi connectivity index (χ0n) is 34.7. The number of furan rings is 1. The molecule has 13 rings (SSSR count). The largest absolute Gasteiger partial charge is 0.455 e. The lowest BCUT2D eigenvalue weighted by atomic mass is 9.67. The normalized spacial score (nSPS) is 12.8. The minimum Gasteiger partial charge on any atom is -0.455 e. The van der Waals surface area contributed by atoms with Crippen molar-refractivity contribution < 1.29 is 8.83 Å². The van der Waals surface area contributed by atoms with E-state index in [2.05, 4.69) is 211 Å². The highest BCUT2D eigenvalue weighted by molar-refractivity contribution is 6.22. The molecule has 2 heterocycles. The fourth-order valence-electron chi connectivity index (χ4n) is 10.3. The van der Waals surface area contributed by atoms with E-state index in [1.54, 1.807) is 0 Å². The quantitative estimate of drug-likeness (QED) is 0.161. The molecule has 0 saturated heterocycles. The molecular weight excluding hydrogens is 781 g/mol. The molecule has 1 aliphatic carbocycles. The van der Waals surface area contributed by atoms with Crippen molar-refractivity contribution in [3.63, 3.8) is 0 Å². The summed E-state index contributed by atoms with van der Waals surface area (Å²) in [6.07, 6.45) is 0. The summed E-state index contributed by atoms with van der Waals surface area (Å²) in [6.45, 7) is 0. The Kier molecular flexibility index (Phi) is 8.09. The lowest BCUT2D eigenvalue weighted by Gasteiger charge is -2.35. The number of aromatic nitrogens is 1. The second-order valence-electron chi connectivity index (χ2n) is 16.6. The van der Waals surface area contributed by atoms with Gasteiger partial charge in [0.1, 0.15) is 16.7 Å². The van der Waals surface area contributed by atoms with E-state index in [1.165, 1.54) is 38.9 Å². The first kappa shape index (κ1) is 36.2. The first-order valence-electron chi connectivity index (χ1n) is 21.8. The Labute approximate surface area is 369 Å². The van der Waals surface area contributed by atoms with Crippen LogP contribution in [0.4, 0.5) is 17.1 Å². The Morgan fingerprint density at radius 3 is 1.83 bits per heavy atom. The molecule has 0 fully saturated rings. The van der Waals surface area contributed by atoms with Gasteiger partial charge in [-0.2, -0.15) is 0 Å². The summed E-state index contributed by atoms with van der Waals surface area (Å²) in [4.78, 5) is 7.25. The van der Waals surface area contributed by atoms with Gasteiger partial charge >= 0.3 is 0 Å². The highest BCUT2D eigenvalue weighted by atomic mass is 16.3. The Balaban J connectivity index is 1.08. The highest BCUT2D eigenvalue weighted by Crippen LogP contribution is 2.57. The summed E-state index contributed by atoms with van der Waals surface area (Å²) >= 11 is 0. The Morgan fingerprint density at radius 1 is 0.406 bits per heavy atom. The van der Waals surface area contributed by atoms with Crippen LogP contribution in [0.5, 0.6) is 0 Å². The first-order chi connectivity index (χ1) is 31.7. The average molecular weight is 819 g/mol. The fourth-order valence-corrected chi connectivity index (χ4v) is 10.3. The van der Waals surface area contributed by atoms with E-state index in [9.17, 15) is 0 Å². The zero-order chi connectivity index (χ0) is 42.2. The molecule has 0 saturated carbocycles. The highest BCUT2D eigenvalue weighted by Gasteiger charge is 2.46. The number of oxazole rings is 1. The van der Waals surface area contributed by atoms with Gasteiger partial charge in [0, 0.05) is 27.7 Å². The molecule has 4 nitrogen and oxygen atoms in total. The van der Waals surface area contributed by atoms with Gasteiger partial charge in [-0.15, -0.1) is 0 Å². The molecule has 2 aromatic heterocycles. The molecule has 0 N–H and O–H groups in total. The summed E-state index contributed by atoms with van der Waals surface area (Å²) in [6, 6.07) is 82.6. The summed E-state index contributed by atoms with van der Waals surface area (Å²) in [5.74, 6) is 0.563. The maximum Gasteiger partial charge on any atom is 0.227 e. The molecule has 0 radical (unpaired) electrons. The van der Waals surface area contributed by atoms with Crippen molar-refractivity contribution in [2.45, 2.75) is 5.41 Å². The molecule has 0 aliphatic heterocycles. The molecule has 0 bridgehead atoms. The smallest absolute Gasteiger partial charge is 0.227 e. The second kappa shape index (κ2) is 14.3. The maximum atomic E-state index is 7.00. The summed E-state index contributed by atoms with van der Waals surface area (Å²) < 4.78 is 13.2. The van der Waals surface area contributed by atoms with Crippen molar-refractivity contribution in [1.82, 2.24) is 4.98 Å². The lowest BCUT2D eigenvalue weighted by molar-refractivity contribution is 0.619. The van der Waals surface area contributed by atoms with Gasteiger partial charge in [0.15, 0.2) is 5.58 Å². The van der Waals surface area contributed by atoms with Crippen LogP contribution in [0.2, 0.25) is 0 Å². The van der Waals surface area contributed by atoms with Crippen molar-refractivity contribution in [3.8, 4) is 33.7 Å². The van der Waals surface area contributed by atoms with Gasteiger partial charge in [0.05, 0.1) is 16.5 Å². The molecule has 12 aromatic rings. The number of hydrogen-bond acceptors (Lipinski definition) is 4. The van der Waals surface area contributed by atoms with Crippen molar-refractivity contribution in [1.29, 1.82) is 0 Å². The zero-order valence-corrected chi connectivity index (χ0v) is 34.7. The van der Waals surface area contributed by atoms with Crippen LogP contribution in [0.1, 0.15) is 22.3 Å². The number of benzene rings is 10. The van der Waals surface area contributed by atoms with E-state index < -0.39 is 5.41 Å². The van der Waals surface area contributed by atoms with Gasteiger partial charge in [-0.3, -0.25) is 0 Å². The van der Waals surface area contributed by atoms with E-state index in [0.29, 0.717) is 5.89 Å². The third-order valence-electron chi connectivity index (χ3n) is 13.2. The van der Waals surface area contributed by atoms with Crippen molar-refractivity contribution in [2.75, 3.05) is 4.90 Å². The molecule has 300 valence electrons. The van der Waals surface area contributed by atoms with Crippen LogP contribution in [0.3, 0.4) is 0 Å². The monoisotopic (exact) mass is 818 g/mol. The van der Waals surface area contributed by atoms with Crippen LogP contribution >= 0.6 is 0 Å². The van der Waals surface area contributed by atoms with E-state index in [-0.39, 0.29) is 0 Å². The van der Waals surface area contributed by atoms with E-state index >= 15 is 0 Å². The minimum absolute atomic E-state index is 0.560. The predicted molar refractivity (Wildman–Crippen MR) is 262 cm³/mol. The first-order valence-corrected chi connectivity index (χ1v) is 21.8. The number of rotatable bonds is 7. The number of hydrogen-bond donors (Lipinski definition) is 0. The van der Waals surface area contributed by atoms with E-state index in [1.807, 2.05) is 24.3 Å². The van der Waals surface area contributed by atoms with Gasteiger partial charge in [-0.05, 0) is 111 Å². The SMILES string of the molecule is c1ccc(-c2ccc(N(c3cccc(C4(c5ccccc5)c5ccccc5-c5ccccc54)c3)c3cc4ccccc4c4oc5cc(-c6nc7ccccc7o6)ccc5c34)cc2)cc1. The molecule has 1 aliphatic rings. The standard InChI is InChI=1S/C60H38N2O2/c1-3-16-39(17-4-1)40-30-33-45(34-31-40)62(46-22-15-21-44(38-46)60(43-19-5-2-6-20-43)51-26-11-9-24-48(51)49-25-10-12-27-52(49)60)54-36-41-18-7-8-23-47(41)58-57(54)50-35-32-42(37-56(50)63-58)59-61-53-28-13-14-29-55(53)64-59/h1-38H. The van der Waals surface area contributed by atoms with Crippen molar-refractivity contribution in [2.24, 2.45) is 0 Å². The average Bonchev–Trinajstić information content (AvgIpc) is 4.06. The van der Waals surface area contributed by atoms with Gasteiger partial charge in [-0.1, -0.05) is 170 Å². The third-order valence-corrected chi connectivity index (χ3v) is 13.2. The fraction of sp³-hybridized carbons (Fsp3) is 0.0167. The number of fused-ring (bicyclic) bond motifs is 9. The minimum atomic E-state index is -0.560. The van der Waals surface area contributed by atoms with Crippen LogP contribution in [0.15, 0.2) is 239 Å². The van der Waals surface area contributed by atoms with Gasteiger partial charge in [0.2, 0.25) is 5.89 Å². The third kappa shape index (κ3) is 5.46. The molecule has 4 heteroatoms. The van der Waals surface area contributed by atoms with E-state index in [0.717, 1.165) is 72.0 Å². The summed E-state index contributed by atoms with van der Waals surface area (Å²) in [5.41, 5.74) is 16.4. The van der Waals surface area contributed by atoms with Crippen LogP contribution in [-0.2, 0) is 5.41 Å². The summed E-state index contributed by atoms with van der Waals surface area (Å²) in [5, 5.41) is 4.18. The Bertz CT molecular complexity index is 3660. The number of anilines is 3. The lowest BCUT2D eigenvalue weighted by Crippen LogP contribution is -2.28. The molecule has 0 amide bonds. The molecule has 64 heavy (non-hydrogen) atoms. The van der Waals surface area contributed by atoms with Crippen LogP contribution < -0.4 is 4.90 Å². The molecule has 0 unspecified atom stereocenters. The van der Waals surface area contributed by atoms with Gasteiger partial charge in [-0.25, -0.2) is 4.98 Å². The number of nitrogens with zero attached hydrogens (tertiary/aromatic N) is 2. The predicted octanol–water partition coefficient (Wildman–Crippen LogP) is 16.0.